The third-order valence-corrected chi connectivity index (χ3v) is 5.72. The van der Waals surface area contributed by atoms with Crippen LogP contribution in [0.25, 0.3) is 0 Å². The maximum atomic E-state index is 5.71. The van der Waals surface area contributed by atoms with Gasteiger partial charge in [0.25, 0.3) is 0 Å². The van der Waals surface area contributed by atoms with Gasteiger partial charge in [0.2, 0.25) is 0 Å². The van der Waals surface area contributed by atoms with E-state index in [1.54, 1.807) is 18.9 Å². The van der Waals surface area contributed by atoms with Gasteiger partial charge in [-0.3, -0.25) is 4.99 Å². The number of rotatable bonds is 13. The van der Waals surface area contributed by atoms with Crippen molar-refractivity contribution in [3.05, 3.63) is 5.82 Å². The van der Waals surface area contributed by atoms with Crippen molar-refractivity contribution in [3.63, 3.8) is 0 Å². The number of methoxy groups -OCH3 is 1. The number of nitrogens with zero attached hydrogens (tertiary/aromatic N) is 5. The van der Waals surface area contributed by atoms with Crippen LogP contribution in [0.4, 0.5) is 0 Å². The number of hydrogen-bond acceptors (Lipinski definition) is 6. The van der Waals surface area contributed by atoms with Crippen LogP contribution < -0.4 is 5.32 Å². The van der Waals surface area contributed by atoms with E-state index in [-0.39, 0.29) is 0 Å². The van der Waals surface area contributed by atoms with Gasteiger partial charge in [-0.1, -0.05) is 25.6 Å². The lowest BCUT2D eigenvalue weighted by molar-refractivity contribution is 0.0536. The Kier molecular flexibility index (Phi) is 11.5. The number of aliphatic imine (C=N–C) groups is 1. The molecule has 0 spiro atoms. The molecule has 172 valence electrons. The number of likely N-dealkylation sites (tertiary alicyclic amines) is 1. The molecule has 0 radical (unpaired) electrons. The minimum atomic E-state index is 0.560. The SMILES string of the molecule is CCNC(=NCCCc1nnc(SC)n1CC(C)C)N1CCC(COCCOC)C1. The van der Waals surface area contributed by atoms with Crippen LogP contribution >= 0.6 is 11.8 Å². The highest BCUT2D eigenvalue weighted by molar-refractivity contribution is 7.98. The Labute approximate surface area is 186 Å². The highest BCUT2D eigenvalue weighted by Crippen LogP contribution is 2.18. The first-order valence-electron chi connectivity index (χ1n) is 11.1. The van der Waals surface area contributed by atoms with Gasteiger partial charge in [0, 0.05) is 52.2 Å². The van der Waals surface area contributed by atoms with Gasteiger partial charge >= 0.3 is 0 Å². The van der Waals surface area contributed by atoms with E-state index in [2.05, 4.69) is 52.0 Å². The largest absolute Gasteiger partial charge is 0.382 e. The lowest BCUT2D eigenvalue weighted by Crippen LogP contribution is -2.40. The lowest BCUT2D eigenvalue weighted by atomic mass is 10.1. The summed E-state index contributed by atoms with van der Waals surface area (Å²) in [6.45, 7) is 13.4. The van der Waals surface area contributed by atoms with Gasteiger partial charge in [0.15, 0.2) is 11.1 Å². The highest BCUT2D eigenvalue weighted by Gasteiger charge is 2.25. The molecule has 1 aliphatic rings. The van der Waals surface area contributed by atoms with E-state index in [0.717, 1.165) is 75.5 Å². The smallest absolute Gasteiger partial charge is 0.193 e. The molecular weight excluding hydrogens is 400 g/mol. The summed E-state index contributed by atoms with van der Waals surface area (Å²) in [5.41, 5.74) is 0. The van der Waals surface area contributed by atoms with Crippen molar-refractivity contribution in [2.45, 2.75) is 51.7 Å². The Morgan fingerprint density at radius 3 is 2.87 bits per heavy atom. The summed E-state index contributed by atoms with van der Waals surface area (Å²) in [6, 6.07) is 0. The summed E-state index contributed by atoms with van der Waals surface area (Å²) in [5.74, 6) is 3.23. The van der Waals surface area contributed by atoms with Crippen molar-refractivity contribution in [1.82, 2.24) is 25.0 Å². The standard InChI is InChI=1S/C21H40N6O2S/c1-6-22-20(26-11-9-18(15-26)16-29-13-12-28-4)23-10-7-8-19-24-25-21(30-5)27(19)14-17(2)3/h17-18H,6-16H2,1-5H3,(H,22,23). The highest BCUT2D eigenvalue weighted by atomic mass is 32.2. The first kappa shape index (κ1) is 24.9. The number of ether oxygens (including phenoxy) is 2. The van der Waals surface area contributed by atoms with Crippen LogP contribution in [0, 0.1) is 11.8 Å². The third kappa shape index (κ3) is 8.07. The van der Waals surface area contributed by atoms with Gasteiger partial charge in [-0.05, 0) is 31.9 Å². The molecule has 0 amide bonds. The van der Waals surface area contributed by atoms with Crippen molar-refractivity contribution >= 4 is 17.7 Å². The number of hydrogen-bond donors (Lipinski definition) is 1. The zero-order valence-electron chi connectivity index (χ0n) is 19.4. The van der Waals surface area contributed by atoms with Gasteiger partial charge in [-0.15, -0.1) is 10.2 Å². The van der Waals surface area contributed by atoms with Crippen LogP contribution in [0.3, 0.4) is 0 Å². The first-order chi connectivity index (χ1) is 14.6. The molecule has 0 aliphatic carbocycles. The summed E-state index contributed by atoms with van der Waals surface area (Å²) >= 11 is 1.66. The molecule has 9 heteroatoms. The zero-order valence-corrected chi connectivity index (χ0v) is 20.2. The fraction of sp³-hybridized carbons (Fsp3) is 0.857. The number of aromatic nitrogens is 3. The van der Waals surface area contributed by atoms with E-state index in [0.29, 0.717) is 25.0 Å². The van der Waals surface area contributed by atoms with Gasteiger partial charge < -0.3 is 24.3 Å². The molecule has 2 heterocycles. The van der Waals surface area contributed by atoms with Gasteiger partial charge in [0.1, 0.15) is 5.82 Å². The van der Waals surface area contributed by atoms with Crippen LogP contribution in [0.2, 0.25) is 0 Å². The molecule has 30 heavy (non-hydrogen) atoms. The predicted octanol–water partition coefficient (Wildman–Crippen LogP) is 2.54. The molecule has 1 aliphatic heterocycles. The number of guanidine groups is 1. The number of aryl methyl sites for hydroxylation is 1. The second-order valence-electron chi connectivity index (χ2n) is 8.12. The van der Waals surface area contributed by atoms with E-state index in [9.17, 15) is 0 Å². The Balaban J connectivity index is 1.83. The summed E-state index contributed by atoms with van der Waals surface area (Å²) in [7, 11) is 1.70. The maximum absolute atomic E-state index is 5.71. The van der Waals surface area contributed by atoms with Gasteiger partial charge in [-0.2, -0.15) is 0 Å². The minimum Gasteiger partial charge on any atom is -0.382 e. The second kappa shape index (κ2) is 13.9. The fourth-order valence-electron chi connectivity index (χ4n) is 3.60. The quantitative estimate of drug-likeness (QED) is 0.219. The average Bonchev–Trinajstić information content (AvgIpc) is 3.34. The Bertz CT molecular complexity index is 637. The second-order valence-corrected chi connectivity index (χ2v) is 8.89. The molecule has 2 rings (SSSR count). The van der Waals surface area contributed by atoms with Crippen molar-refractivity contribution in [3.8, 4) is 0 Å². The molecule has 1 atom stereocenters. The molecule has 0 bridgehead atoms. The summed E-state index contributed by atoms with van der Waals surface area (Å²) in [4.78, 5) is 7.24. The zero-order chi connectivity index (χ0) is 21.8. The summed E-state index contributed by atoms with van der Waals surface area (Å²) < 4.78 is 13.0. The van der Waals surface area contributed by atoms with Crippen molar-refractivity contribution in [1.29, 1.82) is 0 Å². The lowest BCUT2D eigenvalue weighted by Gasteiger charge is -2.21. The molecule has 1 unspecified atom stereocenters. The van der Waals surface area contributed by atoms with E-state index in [4.69, 9.17) is 14.5 Å². The molecule has 0 aromatic carbocycles. The fourth-order valence-corrected chi connectivity index (χ4v) is 4.13. The van der Waals surface area contributed by atoms with Crippen molar-refractivity contribution in [2.24, 2.45) is 16.8 Å². The minimum absolute atomic E-state index is 0.560. The average molecular weight is 441 g/mol. The van der Waals surface area contributed by atoms with Crippen LogP contribution in [-0.2, 0) is 22.4 Å². The van der Waals surface area contributed by atoms with Gasteiger partial charge in [0.05, 0.1) is 19.8 Å². The van der Waals surface area contributed by atoms with E-state index < -0.39 is 0 Å². The monoisotopic (exact) mass is 440 g/mol. The molecule has 1 aromatic heterocycles. The molecule has 1 N–H and O–H groups in total. The molecule has 8 nitrogen and oxygen atoms in total. The van der Waals surface area contributed by atoms with Crippen molar-refractivity contribution < 1.29 is 9.47 Å². The number of nitrogens with one attached hydrogen (secondary N) is 1. The van der Waals surface area contributed by atoms with E-state index in [1.807, 2.05) is 0 Å². The molecular formula is C21H40N6O2S. The Morgan fingerprint density at radius 2 is 2.17 bits per heavy atom. The predicted molar refractivity (Wildman–Crippen MR) is 123 cm³/mol. The van der Waals surface area contributed by atoms with Crippen LogP contribution in [-0.4, -0.2) is 85.0 Å². The maximum Gasteiger partial charge on any atom is 0.193 e. The summed E-state index contributed by atoms with van der Waals surface area (Å²) in [5, 5.41) is 13.2. The van der Waals surface area contributed by atoms with E-state index >= 15 is 0 Å². The Hall–Kier alpha value is -1.32. The van der Waals surface area contributed by atoms with Gasteiger partial charge in [-0.25, -0.2) is 0 Å². The van der Waals surface area contributed by atoms with Crippen LogP contribution in [0.5, 0.6) is 0 Å². The van der Waals surface area contributed by atoms with E-state index in [1.165, 1.54) is 0 Å². The number of thioether (sulfide) groups is 1. The first-order valence-corrected chi connectivity index (χ1v) is 12.4. The van der Waals surface area contributed by atoms with Crippen molar-refractivity contribution in [2.75, 3.05) is 59.4 Å². The molecule has 0 saturated carbocycles. The molecule has 1 fully saturated rings. The van der Waals surface area contributed by atoms with Crippen LogP contribution in [0.15, 0.2) is 10.1 Å². The Morgan fingerprint density at radius 1 is 1.33 bits per heavy atom. The summed E-state index contributed by atoms with van der Waals surface area (Å²) in [6.07, 6.45) is 5.08. The normalized spacial score (nSPS) is 17.3. The van der Waals surface area contributed by atoms with Crippen LogP contribution in [0.1, 0.15) is 39.4 Å². The molecule has 1 saturated heterocycles. The third-order valence-electron chi connectivity index (χ3n) is 5.05. The molecule has 1 aromatic rings. The topological polar surface area (TPSA) is 76.8 Å².